The van der Waals surface area contributed by atoms with Crippen LogP contribution in [0.1, 0.15) is 28.9 Å². The minimum Gasteiger partial charge on any atom is -0.371 e. The Labute approximate surface area is 188 Å². The maximum absolute atomic E-state index is 12.9. The van der Waals surface area contributed by atoms with Gasteiger partial charge in [-0.2, -0.15) is 18.3 Å². The number of hydrogen-bond acceptors (Lipinski definition) is 5. The van der Waals surface area contributed by atoms with E-state index in [0.717, 1.165) is 34.1 Å². The minimum absolute atomic E-state index is 0.0469. The second-order valence-corrected chi connectivity index (χ2v) is 8.77. The van der Waals surface area contributed by atoms with Crippen molar-refractivity contribution in [3.8, 4) is 11.3 Å². The van der Waals surface area contributed by atoms with Crippen molar-refractivity contribution in [1.29, 1.82) is 0 Å². The average molecular weight is 456 g/mol. The van der Waals surface area contributed by atoms with Gasteiger partial charge in [-0.3, -0.25) is 19.4 Å². The highest BCUT2D eigenvalue weighted by Gasteiger charge is 2.36. The molecule has 0 saturated carbocycles. The lowest BCUT2D eigenvalue weighted by molar-refractivity contribution is -0.141. The molecule has 2 aliphatic rings. The molecule has 172 valence electrons. The molecule has 2 aliphatic heterocycles. The molecular formula is C23H23F3N6O. The van der Waals surface area contributed by atoms with E-state index in [-0.39, 0.29) is 11.8 Å². The van der Waals surface area contributed by atoms with Crippen LogP contribution in [-0.2, 0) is 31.1 Å². The molecule has 10 heteroatoms. The molecule has 0 aliphatic carbocycles. The van der Waals surface area contributed by atoms with E-state index < -0.39 is 11.9 Å². The van der Waals surface area contributed by atoms with E-state index in [2.05, 4.69) is 10.1 Å². The Kier molecular flexibility index (Phi) is 5.10. The van der Waals surface area contributed by atoms with Crippen LogP contribution in [0.4, 0.5) is 18.9 Å². The van der Waals surface area contributed by atoms with Gasteiger partial charge in [-0.15, -0.1) is 0 Å². The van der Waals surface area contributed by atoms with Gasteiger partial charge in [0.25, 0.3) is 0 Å². The Morgan fingerprint density at radius 3 is 2.70 bits per heavy atom. The molecule has 0 radical (unpaired) electrons. The maximum atomic E-state index is 12.9. The second-order valence-electron chi connectivity index (χ2n) is 8.77. The SMILES string of the molecule is Cc1cc(-c2cnn(C)c2)nc2c1CN(C(=O)CC1CN(c3ccnc(C(F)(F)F)c3)C1)C2. The van der Waals surface area contributed by atoms with Crippen LogP contribution in [0.5, 0.6) is 0 Å². The smallest absolute Gasteiger partial charge is 0.371 e. The molecule has 0 unspecified atom stereocenters. The third kappa shape index (κ3) is 4.17. The van der Waals surface area contributed by atoms with E-state index >= 15 is 0 Å². The third-order valence-electron chi connectivity index (χ3n) is 6.30. The molecule has 0 spiro atoms. The summed E-state index contributed by atoms with van der Waals surface area (Å²) in [6.07, 6.45) is 0.761. The number of pyridine rings is 2. The lowest BCUT2D eigenvalue weighted by Gasteiger charge is -2.41. The number of anilines is 1. The monoisotopic (exact) mass is 456 g/mol. The lowest BCUT2D eigenvalue weighted by atomic mass is 9.95. The summed E-state index contributed by atoms with van der Waals surface area (Å²) in [4.78, 5) is 24.8. The summed E-state index contributed by atoms with van der Waals surface area (Å²) in [5.74, 6) is 0.161. The fraction of sp³-hybridized carbons (Fsp3) is 0.391. The molecule has 3 aromatic heterocycles. The molecule has 5 heterocycles. The van der Waals surface area contributed by atoms with Crippen LogP contribution in [0.15, 0.2) is 36.8 Å². The zero-order chi connectivity index (χ0) is 23.3. The van der Waals surface area contributed by atoms with E-state index in [0.29, 0.717) is 38.3 Å². The molecular weight excluding hydrogens is 433 g/mol. The summed E-state index contributed by atoms with van der Waals surface area (Å²) in [5, 5.41) is 4.20. The molecule has 0 aromatic carbocycles. The van der Waals surface area contributed by atoms with Crippen LogP contribution >= 0.6 is 0 Å². The summed E-state index contributed by atoms with van der Waals surface area (Å²) in [6.45, 7) is 4.14. The predicted molar refractivity (Wildman–Crippen MR) is 115 cm³/mol. The minimum atomic E-state index is -4.47. The van der Waals surface area contributed by atoms with Gasteiger partial charge in [0.05, 0.1) is 24.1 Å². The van der Waals surface area contributed by atoms with Crippen molar-refractivity contribution < 1.29 is 18.0 Å². The molecule has 1 saturated heterocycles. The third-order valence-corrected chi connectivity index (χ3v) is 6.30. The number of rotatable bonds is 4. The topological polar surface area (TPSA) is 67.2 Å². The molecule has 5 rings (SSSR count). The van der Waals surface area contributed by atoms with E-state index in [9.17, 15) is 18.0 Å². The van der Waals surface area contributed by atoms with Crippen molar-refractivity contribution in [2.45, 2.75) is 32.6 Å². The highest BCUT2D eigenvalue weighted by atomic mass is 19.4. The molecule has 0 atom stereocenters. The number of carbonyl (C=O) groups is 1. The quantitative estimate of drug-likeness (QED) is 0.601. The Morgan fingerprint density at radius 2 is 2.00 bits per heavy atom. The summed E-state index contributed by atoms with van der Waals surface area (Å²) >= 11 is 0. The van der Waals surface area contributed by atoms with Gasteiger partial charge < -0.3 is 9.80 Å². The fourth-order valence-corrected chi connectivity index (χ4v) is 4.47. The Balaban J connectivity index is 1.20. The van der Waals surface area contributed by atoms with Gasteiger partial charge in [0.15, 0.2) is 0 Å². The molecule has 0 N–H and O–H groups in total. The van der Waals surface area contributed by atoms with E-state index in [1.807, 2.05) is 36.0 Å². The van der Waals surface area contributed by atoms with Crippen LogP contribution in [0, 0.1) is 12.8 Å². The average Bonchev–Trinajstić information content (AvgIpc) is 3.36. The Bertz CT molecular complexity index is 1220. The van der Waals surface area contributed by atoms with Crippen molar-refractivity contribution in [2.24, 2.45) is 13.0 Å². The van der Waals surface area contributed by atoms with Gasteiger partial charge >= 0.3 is 6.18 Å². The summed E-state index contributed by atoms with van der Waals surface area (Å²) < 4.78 is 40.4. The number of nitrogens with zero attached hydrogens (tertiary/aromatic N) is 6. The van der Waals surface area contributed by atoms with Gasteiger partial charge in [0.1, 0.15) is 5.69 Å². The number of amides is 1. The zero-order valence-electron chi connectivity index (χ0n) is 18.3. The largest absolute Gasteiger partial charge is 0.433 e. The first-order valence-corrected chi connectivity index (χ1v) is 10.7. The summed E-state index contributed by atoms with van der Waals surface area (Å²) in [6, 6.07) is 4.65. The molecule has 7 nitrogen and oxygen atoms in total. The van der Waals surface area contributed by atoms with E-state index in [1.165, 1.54) is 6.20 Å². The molecule has 33 heavy (non-hydrogen) atoms. The second kappa shape index (κ2) is 7.86. The van der Waals surface area contributed by atoms with E-state index in [4.69, 9.17) is 4.98 Å². The fourth-order valence-electron chi connectivity index (χ4n) is 4.47. The van der Waals surface area contributed by atoms with Crippen molar-refractivity contribution >= 4 is 11.6 Å². The van der Waals surface area contributed by atoms with Crippen molar-refractivity contribution in [3.05, 3.63) is 59.3 Å². The van der Waals surface area contributed by atoms with Gasteiger partial charge in [0.2, 0.25) is 5.91 Å². The summed E-state index contributed by atoms with van der Waals surface area (Å²) in [5.41, 5.74) is 4.46. The van der Waals surface area contributed by atoms with Crippen LogP contribution < -0.4 is 4.90 Å². The normalized spacial score (nSPS) is 16.2. The number of halogens is 3. The highest BCUT2D eigenvalue weighted by Crippen LogP contribution is 2.34. The number of fused-ring (bicyclic) bond motifs is 1. The first-order chi connectivity index (χ1) is 15.7. The number of aromatic nitrogens is 4. The lowest BCUT2D eigenvalue weighted by Crippen LogP contribution is -2.48. The molecule has 3 aromatic rings. The van der Waals surface area contributed by atoms with Crippen LogP contribution in [-0.4, -0.2) is 43.6 Å². The maximum Gasteiger partial charge on any atom is 0.433 e. The van der Waals surface area contributed by atoms with Gasteiger partial charge in [0, 0.05) is 62.7 Å². The number of aryl methyl sites for hydroxylation is 2. The van der Waals surface area contributed by atoms with Crippen LogP contribution in [0.25, 0.3) is 11.3 Å². The first-order valence-electron chi connectivity index (χ1n) is 10.7. The van der Waals surface area contributed by atoms with Crippen molar-refractivity contribution in [1.82, 2.24) is 24.6 Å². The highest BCUT2D eigenvalue weighted by molar-refractivity contribution is 5.78. The van der Waals surface area contributed by atoms with Gasteiger partial charge in [-0.1, -0.05) is 0 Å². The van der Waals surface area contributed by atoms with Crippen molar-refractivity contribution in [3.63, 3.8) is 0 Å². The summed E-state index contributed by atoms with van der Waals surface area (Å²) in [7, 11) is 1.86. The molecule has 1 fully saturated rings. The Hall–Kier alpha value is -3.43. The van der Waals surface area contributed by atoms with Gasteiger partial charge in [-0.25, -0.2) is 0 Å². The molecule has 0 bridgehead atoms. The van der Waals surface area contributed by atoms with E-state index in [1.54, 1.807) is 16.9 Å². The number of hydrogen-bond donors (Lipinski definition) is 0. The standard InChI is InChI=1S/C23H23F3N6O/c1-14-5-19(16-8-28-30(2)11-16)29-20-13-32(12-18(14)20)22(33)6-15-9-31(10-15)17-3-4-27-21(7-17)23(24,25)26/h3-5,7-8,11,15H,6,9-10,12-13H2,1-2H3. The van der Waals surface area contributed by atoms with Gasteiger partial charge in [-0.05, 0) is 36.2 Å². The number of alkyl halides is 3. The predicted octanol–water partition coefficient (Wildman–Crippen LogP) is 3.57. The number of carbonyl (C=O) groups excluding carboxylic acids is 1. The Morgan fingerprint density at radius 1 is 1.21 bits per heavy atom. The zero-order valence-corrected chi connectivity index (χ0v) is 18.3. The molecule has 1 amide bonds. The van der Waals surface area contributed by atoms with Crippen molar-refractivity contribution in [2.75, 3.05) is 18.0 Å². The first kappa shape index (κ1) is 21.4. The van der Waals surface area contributed by atoms with Crippen LogP contribution in [0.3, 0.4) is 0 Å². The van der Waals surface area contributed by atoms with Crippen LogP contribution in [0.2, 0.25) is 0 Å².